The third kappa shape index (κ3) is 3.53. The lowest BCUT2D eigenvalue weighted by molar-refractivity contribution is -0.131. The van der Waals surface area contributed by atoms with E-state index in [-0.39, 0.29) is 18.5 Å². The van der Waals surface area contributed by atoms with Crippen LogP contribution in [0.5, 0.6) is 0 Å². The van der Waals surface area contributed by atoms with E-state index in [1.807, 2.05) is 6.92 Å². The Kier molecular flexibility index (Phi) is 5.44. The Labute approximate surface area is 179 Å². The Balaban J connectivity index is 1.75. The highest BCUT2D eigenvalue weighted by Crippen LogP contribution is 2.39. The first-order valence-corrected chi connectivity index (χ1v) is 10.5. The number of hydrogen-bond acceptors (Lipinski definition) is 4. The molecule has 1 unspecified atom stereocenters. The molecule has 9 heteroatoms. The van der Waals surface area contributed by atoms with Crippen molar-refractivity contribution in [1.29, 1.82) is 0 Å². The van der Waals surface area contributed by atoms with Crippen molar-refractivity contribution in [2.24, 2.45) is 0 Å². The molecule has 1 amide bonds. The van der Waals surface area contributed by atoms with Crippen LogP contribution >= 0.6 is 11.6 Å². The number of fused-ring (bicyclic) bond motifs is 1. The van der Waals surface area contributed by atoms with Gasteiger partial charge >= 0.3 is 0 Å². The van der Waals surface area contributed by atoms with Crippen LogP contribution in [0, 0.1) is 6.92 Å². The summed E-state index contributed by atoms with van der Waals surface area (Å²) in [6, 6.07) is -0.217. The molecule has 30 heavy (non-hydrogen) atoms. The number of amides is 1. The predicted octanol–water partition coefficient (Wildman–Crippen LogP) is 4.34. The number of rotatable bonds is 4. The third-order valence-corrected chi connectivity index (χ3v) is 5.99. The number of piperidine rings is 1. The van der Waals surface area contributed by atoms with Crippen molar-refractivity contribution in [2.45, 2.75) is 52.4 Å². The normalized spacial score (nSPS) is 19.6. The lowest BCUT2D eigenvalue weighted by atomic mass is 10.0. The van der Waals surface area contributed by atoms with Gasteiger partial charge in [-0.05, 0) is 27.2 Å². The minimum absolute atomic E-state index is 0.0962. The summed E-state index contributed by atoms with van der Waals surface area (Å²) in [5.74, 6) is -0.0962. The van der Waals surface area contributed by atoms with Crippen LogP contribution in [-0.4, -0.2) is 55.9 Å². The fraction of sp³-hybridized carbons (Fsp3) is 0.476. The van der Waals surface area contributed by atoms with Crippen molar-refractivity contribution >= 4 is 34.2 Å². The molecule has 3 aromatic rings. The van der Waals surface area contributed by atoms with Gasteiger partial charge in [0, 0.05) is 48.7 Å². The molecule has 0 saturated carbocycles. The van der Waals surface area contributed by atoms with Gasteiger partial charge in [-0.15, -0.1) is 0 Å². The Hall–Kier alpha value is -2.61. The summed E-state index contributed by atoms with van der Waals surface area (Å²) in [5, 5.41) is 9.43. The minimum atomic E-state index is -1.16. The lowest BCUT2D eigenvalue weighted by Gasteiger charge is -2.34. The second kappa shape index (κ2) is 7.91. The van der Waals surface area contributed by atoms with Gasteiger partial charge in [0.05, 0.1) is 34.9 Å². The molecule has 0 radical (unpaired) electrons. The van der Waals surface area contributed by atoms with Gasteiger partial charge in [-0.2, -0.15) is 5.10 Å². The number of halogens is 2. The molecule has 2 N–H and O–H groups in total. The minimum Gasteiger partial charge on any atom is -0.382 e. The number of anilines is 1. The van der Waals surface area contributed by atoms with Gasteiger partial charge in [0.25, 0.3) is 0 Å². The molecule has 0 spiro atoms. The first-order valence-electron chi connectivity index (χ1n) is 10.1. The quantitative estimate of drug-likeness (QED) is 0.642. The van der Waals surface area contributed by atoms with Crippen LogP contribution in [0.25, 0.3) is 22.2 Å². The van der Waals surface area contributed by atoms with Crippen LogP contribution in [0.1, 0.15) is 38.9 Å². The topological polar surface area (TPSA) is 78.8 Å². The van der Waals surface area contributed by atoms with E-state index in [9.17, 15) is 9.18 Å². The fourth-order valence-electron chi connectivity index (χ4n) is 4.18. The van der Waals surface area contributed by atoms with Crippen molar-refractivity contribution in [1.82, 2.24) is 24.6 Å². The van der Waals surface area contributed by atoms with E-state index < -0.39 is 12.2 Å². The fourth-order valence-corrected chi connectivity index (χ4v) is 4.41. The molecule has 3 aromatic heterocycles. The van der Waals surface area contributed by atoms with E-state index in [0.29, 0.717) is 23.6 Å². The molecule has 1 saturated heterocycles. The van der Waals surface area contributed by atoms with E-state index in [1.54, 1.807) is 28.2 Å². The van der Waals surface area contributed by atoms with Crippen LogP contribution in [0.15, 0.2) is 18.6 Å². The zero-order chi connectivity index (χ0) is 21.6. The van der Waals surface area contributed by atoms with Gasteiger partial charge in [-0.25, -0.2) is 9.37 Å². The Bertz CT molecular complexity index is 1090. The molecule has 2 atom stereocenters. The zero-order valence-electron chi connectivity index (χ0n) is 17.5. The smallest absolute Gasteiger partial charge is 0.219 e. The number of likely N-dealkylation sites (tertiary alicyclic amines) is 1. The summed E-state index contributed by atoms with van der Waals surface area (Å²) in [6.07, 6.45) is 4.64. The number of nitrogens with one attached hydrogen (secondary N) is 2. The highest BCUT2D eigenvalue weighted by molar-refractivity contribution is 6.36. The summed E-state index contributed by atoms with van der Waals surface area (Å²) < 4.78 is 16.7. The second-order valence-electron chi connectivity index (χ2n) is 8.13. The van der Waals surface area contributed by atoms with Gasteiger partial charge in [-0.3, -0.25) is 9.48 Å². The number of carbonyl (C=O) groups is 1. The average molecular weight is 433 g/mol. The number of aromatic amines is 1. The van der Waals surface area contributed by atoms with Crippen molar-refractivity contribution in [2.75, 3.05) is 18.4 Å². The van der Waals surface area contributed by atoms with Crippen molar-refractivity contribution in [3.8, 4) is 11.1 Å². The standard InChI is InChI=1S/C21H26ClFN6O/c1-11(2)27-20-15(7-24-21-19(20)16(22)9-25-21)14-8-26-29(12(14)3)18-5-6-28(13(4)30)10-17(18)23/h7-9,11,17-18H,5-6,10H2,1-4H3,(H2,24,25,27)/t17-,18?/m0/s1. The maximum absolute atomic E-state index is 14.9. The lowest BCUT2D eigenvalue weighted by Crippen LogP contribution is -2.45. The molecule has 4 heterocycles. The number of H-pyrrole nitrogens is 1. The van der Waals surface area contributed by atoms with E-state index in [0.717, 1.165) is 27.9 Å². The molecule has 1 fully saturated rings. The number of aromatic nitrogens is 4. The van der Waals surface area contributed by atoms with Crippen LogP contribution in [0.2, 0.25) is 5.02 Å². The Morgan fingerprint density at radius 1 is 1.37 bits per heavy atom. The Morgan fingerprint density at radius 2 is 2.13 bits per heavy atom. The molecular formula is C21H26ClFN6O. The van der Waals surface area contributed by atoms with Crippen molar-refractivity contribution in [3.63, 3.8) is 0 Å². The molecule has 1 aliphatic heterocycles. The van der Waals surface area contributed by atoms with Gasteiger partial charge in [0.1, 0.15) is 11.8 Å². The number of pyridine rings is 1. The molecule has 0 aromatic carbocycles. The summed E-state index contributed by atoms with van der Waals surface area (Å²) in [7, 11) is 0. The second-order valence-corrected chi connectivity index (χ2v) is 8.54. The average Bonchev–Trinajstić information content (AvgIpc) is 3.25. The van der Waals surface area contributed by atoms with Crippen LogP contribution in [-0.2, 0) is 4.79 Å². The number of alkyl halides is 1. The van der Waals surface area contributed by atoms with E-state index in [2.05, 4.69) is 34.2 Å². The summed E-state index contributed by atoms with van der Waals surface area (Å²) in [6.45, 7) is 8.16. The zero-order valence-corrected chi connectivity index (χ0v) is 18.3. The number of carbonyl (C=O) groups excluding carboxylic acids is 1. The van der Waals surface area contributed by atoms with E-state index in [4.69, 9.17) is 11.6 Å². The molecule has 0 bridgehead atoms. The molecule has 7 nitrogen and oxygen atoms in total. The number of hydrogen-bond donors (Lipinski definition) is 2. The van der Waals surface area contributed by atoms with Crippen LogP contribution in [0.3, 0.4) is 0 Å². The maximum atomic E-state index is 14.9. The van der Waals surface area contributed by atoms with Crippen LogP contribution in [0.4, 0.5) is 10.1 Å². The number of nitrogens with zero attached hydrogens (tertiary/aromatic N) is 4. The SMILES string of the molecule is CC(=O)N1CCC(n2ncc(-c3cnc4[nH]cc(Cl)c4c3NC(C)C)c2C)[C@@H](F)C1. The highest BCUT2D eigenvalue weighted by Gasteiger charge is 2.33. The summed E-state index contributed by atoms with van der Waals surface area (Å²) >= 11 is 6.43. The van der Waals surface area contributed by atoms with Crippen LogP contribution < -0.4 is 5.32 Å². The maximum Gasteiger partial charge on any atom is 0.219 e. The molecule has 4 rings (SSSR count). The highest BCUT2D eigenvalue weighted by atomic mass is 35.5. The molecule has 0 aliphatic carbocycles. The largest absolute Gasteiger partial charge is 0.382 e. The Morgan fingerprint density at radius 3 is 2.80 bits per heavy atom. The van der Waals surface area contributed by atoms with Crippen molar-refractivity contribution < 1.29 is 9.18 Å². The molecule has 1 aliphatic rings. The van der Waals surface area contributed by atoms with E-state index in [1.165, 1.54) is 6.92 Å². The summed E-state index contributed by atoms with van der Waals surface area (Å²) in [4.78, 5) is 20.7. The van der Waals surface area contributed by atoms with Gasteiger partial charge < -0.3 is 15.2 Å². The third-order valence-electron chi connectivity index (χ3n) is 5.69. The van der Waals surface area contributed by atoms with Gasteiger partial charge in [0.15, 0.2) is 0 Å². The first-order chi connectivity index (χ1) is 14.3. The van der Waals surface area contributed by atoms with Crippen molar-refractivity contribution in [3.05, 3.63) is 29.3 Å². The molecular weight excluding hydrogens is 407 g/mol. The first kappa shape index (κ1) is 20.7. The monoisotopic (exact) mass is 432 g/mol. The van der Waals surface area contributed by atoms with Gasteiger partial charge in [0.2, 0.25) is 5.91 Å². The molecule has 160 valence electrons. The predicted molar refractivity (Wildman–Crippen MR) is 117 cm³/mol. The summed E-state index contributed by atoms with van der Waals surface area (Å²) in [5.41, 5.74) is 4.20. The van der Waals surface area contributed by atoms with Gasteiger partial charge in [-0.1, -0.05) is 11.6 Å². The van der Waals surface area contributed by atoms with E-state index >= 15 is 0 Å².